The van der Waals surface area contributed by atoms with Crippen LogP contribution in [0.4, 0.5) is 0 Å². The highest BCUT2D eigenvalue weighted by Gasteiger charge is 2.36. The molecule has 158 valence electrons. The average molecular weight is 432 g/mol. The molecule has 1 saturated heterocycles. The third-order valence-corrected chi connectivity index (χ3v) is 7.59. The highest BCUT2D eigenvalue weighted by atomic mass is 32.2. The molecule has 0 spiro atoms. The van der Waals surface area contributed by atoms with Crippen molar-refractivity contribution in [2.24, 2.45) is 0 Å². The summed E-state index contributed by atoms with van der Waals surface area (Å²) in [6, 6.07) is 28.1. The van der Waals surface area contributed by atoms with Crippen molar-refractivity contribution in [3.8, 4) is 6.07 Å². The number of hydrogen-bond donors (Lipinski definition) is 0. The molecule has 6 heteroatoms. The lowest BCUT2D eigenvalue weighted by molar-refractivity contribution is 0.276. The van der Waals surface area contributed by atoms with Gasteiger partial charge in [0.25, 0.3) is 0 Å². The third kappa shape index (κ3) is 5.02. The number of benzene rings is 3. The summed E-state index contributed by atoms with van der Waals surface area (Å²) in [6.07, 6.45) is 0.787. The predicted octanol–water partition coefficient (Wildman–Crippen LogP) is 4.02. The van der Waals surface area contributed by atoms with Crippen molar-refractivity contribution in [2.45, 2.75) is 30.4 Å². The van der Waals surface area contributed by atoms with Gasteiger partial charge in [-0.2, -0.15) is 9.57 Å². The summed E-state index contributed by atoms with van der Waals surface area (Å²) in [7, 11) is -3.71. The number of likely N-dealkylation sites (tertiary alicyclic amines) is 1. The number of rotatable bonds is 7. The Kier molecular flexibility index (Phi) is 6.47. The molecule has 1 atom stereocenters. The molecule has 0 amide bonds. The molecule has 1 aliphatic rings. The van der Waals surface area contributed by atoms with E-state index in [2.05, 4.69) is 17.0 Å². The number of nitriles is 1. The first kappa shape index (κ1) is 21.3. The third-order valence-electron chi connectivity index (χ3n) is 5.68. The summed E-state index contributed by atoms with van der Waals surface area (Å²) in [5.41, 5.74) is 2.64. The van der Waals surface area contributed by atoms with E-state index in [1.807, 2.05) is 54.6 Å². The van der Waals surface area contributed by atoms with Gasteiger partial charge in [-0.15, -0.1) is 0 Å². The van der Waals surface area contributed by atoms with Crippen molar-refractivity contribution in [3.05, 3.63) is 102 Å². The van der Waals surface area contributed by atoms with Gasteiger partial charge in [0.1, 0.15) is 0 Å². The van der Waals surface area contributed by atoms with Gasteiger partial charge in [-0.3, -0.25) is 4.90 Å². The van der Waals surface area contributed by atoms with Gasteiger partial charge in [-0.25, -0.2) is 8.42 Å². The molecule has 1 fully saturated rings. The van der Waals surface area contributed by atoms with E-state index in [4.69, 9.17) is 5.26 Å². The highest BCUT2D eigenvalue weighted by Crippen LogP contribution is 2.27. The molecule has 31 heavy (non-hydrogen) atoms. The van der Waals surface area contributed by atoms with Gasteiger partial charge in [0, 0.05) is 32.2 Å². The molecule has 1 aliphatic heterocycles. The molecule has 3 aromatic rings. The van der Waals surface area contributed by atoms with E-state index in [1.54, 1.807) is 16.4 Å². The summed E-state index contributed by atoms with van der Waals surface area (Å²) < 4.78 is 28.9. The Morgan fingerprint density at radius 3 is 2.13 bits per heavy atom. The lowest BCUT2D eigenvalue weighted by Gasteiger charge is -2.28. The summed E-state index contributed by atoms with van der Waals surface area (Å²) >= 11 is 0. The maximum absolute atomic E-state index is 13.6. The molecule has 0 saturated carbocycles. The molecule has 3 aromatic carbocycles. The summed E-state index contributed by atoms with van der Waals surface area (Å²) in [4.78, 5) is 2.54. The van der Waals surface area contributed by atoms with Gasteiger partial charge in [0.05, 0.1) is 16.5 Å². The van der Waals surface area contributed by atoms with E-state index >= 15 is 0 Å². The van der Waals surface area contributed by atoms with E-state index < -0.39 is 10.0 Å². The van der Waals surface area contributed by atoms with Crippen molar-refractivity contribution in [3.63, 3.8) is 0 Å². The normalized spacial score (nSPS) is 17.0. The van der Waals surface area contributed by atoms with Crippen LogP contribution in [0.25, 0.3) is 0 Å². The summed E-state index contributed by atoms with van der Waals surface area (Å²) in [5, 5.41) is 9.04. The Balaban J connectivity index is 1.59. The van der Waals surface area contributed by atoms with Crippen molar-refractivity contribution in [2.75, 3.05) is 13.1 Å². The van der Waals surface area contributed by atoms with E-state index in [1.165, 1.54) is 17.7 Å². The smallest absolute Gasteiger partial charge is 0.243 e. The van der Waals surface area contributed by atoms with Gasteiger partial charge in [0.2, 0.25) is 10.0 Å². The van der Waals surface area contributed by atoms with Crippen molar-refractivity contribution < 1.29 is 8.42 Å². The van der Waals surface area contributed by atoms with E-state index in [-0.39, 0.29) is 10.9 Å². The maximum Gasteiger partial charge on any atom is 0.243 e. The summed E-state index contributed by atoms with van der Waals surface area (Å²) in [5.74, 6) is 0. The zero-order valence-electron chi connectivity index (χ0n) is 17.3. The Morgan fingerprint density at radius 1 is 0.903 bits per heavy atom. The largest absolute Gasteiger partial charge is 0.297 e. The molecule has 0 aliphatic carbocycles. The molecule has 1 heterocycles. The number of sulfonamides is 1. The van der Waals surface area contributed by atoms with Crippen molar-refractivity contribution >= 4 is 10.0 Å². The monoisotopic (exact) mass is 431 g/mol. The van der Waals surface area contributed by atoms with Gasteiger partial charge >= 0.3 is 0 Å². The molecule has 5 nitrogen and oxygen atoms in total. The molecule has 0 radical (unpaired) electrons. The second kappa shape index (κ2) is 9.44. The maximum atomic E-state index is 13.6. The predicted molar refractivity (Wildman–Crippen MR) is 120 cm³/mol. The second-order valence-corrected chi connectivity index (χ2v) is 9.73. The molecule has 0 aromatic heterocycles. The van der Waals surface area contributed by atoms with Crippen LogP contribution >= 0.6 is 0 Å². The zero-order chi connectivity index (χ0) is 21.7. The Bertz CT molecular complexity index is 1140. The number of nitrogens with zero attached hydrogens (tertiary/aromatic N) is 3. The number of hydrogen-bond acceptors (Lipinski definition) is 4. The van der Waals surface area contributed by atoms with Crippen molar-refractivity contribution in [1.29, 1.82) is 5.26 Å². The Hall–Kier alpha value is -2.98. The van der Waals surface area contributed by atoms with Crippen LogP contribution in [0.5, 0.6) is 0 Å². The van der Waals surface area contributed by atoms with Crippen LogP contribution in [0.1, 0.15) is 23.1 Å². The fourth-order valence-corrected chi connectivity index (χ4v) is 5.68. The van der Waals surface area contributed by atoms with Crippen LogP contribution in [0.15, 0.2) is 89.8 Å². The van der Waals surface area contributed by atoms with E-state index in [0.29, 0.717) is 18.7 Å². The van der Waals surface area contributed by atoms with Gasteiger partial charge in [-0.05, 0) is 41.8 Å². The van der Waals surface area contributed by atoms with Crippen LogP contribution in [-0.2, 0) is 23.1 Å². The van der Waals surface area contributed by atoms with Gasteiger partial charge in [0.15, 0.2) is 0 Å². The van der Waals surface area contributed by atoms with Crippen LogP contribution in [-0.4, -0.2) is 36.8 Å². The quantitative estimate of drug-likeness (QED) is 0.567. The first-order valence-electron chi connectivity index (χ1n) is 10.4. The van der Waals surface area contributed by atoms with Gasteiger partial charge in [-0.1, -0.05) is 60.7 Å². The Morgan fingerprint density at radius 2 is 1.52 bits per heavy atom. The first-order chi connectivity index (χ1) is 15.1. The fraction of sp³-hybridized carbons (Fsp3) is 0.240. The van der Waals surface area contributed by atoms with Crippen molar-refractivity contribution in [1.82, 2.24) is 9.21 Å². The van der Waals surface area contributed by atoms with E-state index in [0.717, 1.165) is 25.1 Å². The fourth-order valence-electron chi connectivity index (χ4n) is 4.04. The topological polar surface area (TPSA) is 64.4 Å². The van der Waals surface area contributed by atoms with E-state index in [9.17, 15) is 8.42 Å². The van der Waals surface area contributed by atoms with Crippen LogP contribution < -0.4 is 0 Å². The van der Waals surface area contributed by atoms with Crippen LogP contribution in [0.3, 0.4) is 0 Å². The van der Waals surface area contributed by atoms with Crippen LogP contribution in [0, 0.1) is 11.3 Å². The molecule has 0 bridgehead atoms. The molecular formula is C25H25N3O2S. The highest BCUT2D eigenvalue weighted by molar-refractivity contribution is 7.89. The standard InChI is InChI=1S/C25H25N3O2S/c26-17-21-11-13-25(14-12-21)31(29,30)28(19-23-9-5-2-6-10-23)24-15-16-27(20-24)18-22-7-3-1-4-8-22/h1-14,24H,15-16,18-20H2. The van der Waals surface area contributed by atoms with Crippen LogP contribution in [0.2, 0.25) is 0 Å². The first-order valence-corrected chi connectivity index (χ1v) is 11.8. The molecule has 4 rings (SSSR count). The Labute approximate surface area is 184 Å². The summed E-state index contributed by atoms with van der Waals surface area (Å²) in [6.45, 7) is 2.69. The molecule has 0 N–H and O–H groups in total. The van der Waals surface area contributed by atoms with Gasteiger partial charge < -0.3 is 0 Å². The molecule has 1 unspecified atom stereocenters. The lowest BCUT2D eigenvalue weighted by Crippen LogP contribution is -2.41. The lowest BCUT2D eigenvalue weighted by atomic mass is 10.2. The minimum Gasteiger partial charge on any atom is -0.297 e. The average Bonchev–Trinajstić information content (AvgIpc) is 3.26. The second-order valence-electron chi connectivity index (χ2n) is 7.84. The SMILES string of the molecule is N#Cc1ccc(S(=O)(=O)N(Cc2ccccc2)C2CCN(Cc3ccccc3)C2)cc1. The minimum absolute atomic E-state index is 0.107. The zero-order valence-corrected chi connectivity index (χ0v) is 18.1. The minimum atomic E-state index is -3.71. The molecular weight excluding hydrogens is 406 g/mol.